The molecule has 0 bridgehead atoms. The molecule has 2 aromatic heterocycles. The van der Waals surface area contributed by atoms with Gasteiger partial charge in [0.2, 0.25) is 5.91 Å². The normalized spacial score (nSPS) is 19.4. The number of amides is 2. The molecule has 1 N–H and O–H groups in total. The Morgan fingerprint density at radius 1 is 1.33 bits per heavy atom. The van der Waals surface area contributed by atoms with Gasteiger partial charge in [-0.3, -0.25) is 14.6 Å². The van der Waals surface area contributed by atoms with Crippen LogP contribution in [-0.4, -0.2) is 48.0 Å². The Morgan fingerprint density at radius 2 is 2.19 bits per heavy atom. The van der Waals surface area contributed by atoms with Gasteiger partial charge in [-0.25, -0.2) is 0 Å². The minimum Gasteiger partial charge on any atom is -0.378 e. The zero-order valence-corrected chi connectivity index (χ0v) is 16.0. The van der Waals surface area contributed by atoms with Gasteiger partial charge in [0, 0.05) is 42.8 Å². The molecule has 2 aliphatic rings. The van der Waals surface area contributed by atoms with Gasteiger partial charge in [-0.2, -0.15) is 0 Å². The van der Waals surface area contributed by atoms with E-state index in [9.17, 15) is 9.59 Å². The summed E-state index contributed by atoms with van der Waals surface area (Å²) in [6, 6.07) is 5.82. The molecule has 27 heavy (non-hydrogen) atoms. The highest BCUT2D eigenvalue weighted by Crippen LogP contribution is 2.33. The van der Waals surface area contributed by atoms with Crippen molar-refractivity contribution in [2.75, 3.05) is 26.3 Å². The molecule has 1 aliphatic heterocycles. The van der Waals surface area contributed by atoms with Gasteiger partial charge in [0.1, 0.15) is 0 Å². The number of nitrogens with one attached hydrogen (secondary N) is 1. The van der Waals surface area contributed by atoms with Crippen LogP contribution in [0.3, 0.4) is 0 Å². The molecule has 2 amide bonds. The van der Waals surface area contributed by atoms with Crippen LogP contribution in [0.25, 0.3) is 0 Å². The van der Waals surface area contributed by atoms with Crippen molar-refractivity contribution in [3.05, 3.63) is 51.5 Å². The van der Waals surface area contributed by atoms with Crippen molar-refractivity contribution >= 4 is 23.2 Å². The van der Waals surface area contributed by atoms with Crippen molar-refractivity contribution in [3.8, 4) is 0 Å². The third-order valence-corrected chi connectivity index (χ3v) is 6.38. The first kappa shape index (κ1) is 18.1. The van der Waals surface area contributed by atoms with E-state index in [0.717, 1.165) is 28.8 Å². The number of morpholine rings is 1. The zero-order chi connectivity index (χ0) is 18.6. The van der Waals surface area contributed by atoms with E-state index in [-0.39, 0.29) is 17.7 Å². The third-order valence-electron chi connectivity index (χ3n) is 5.15. The van der Waals surface area contributed by atoms with Crippen molar-refractivity contribution in [1.82, 2.24) is 15.2 Å². The first-order valence-corrected chi connectivity index (χ1v) is 10.2. The van der Waals surface area contributed by atoms with Gasteiger partial charge in [-0.05, 0) is 42.5 Å². The van der Waals surface area contributed by atoms with E-state index < -0.39 is 0 Å². The summed E-state index contributed by atoms with van der Waals surface area (Å²) in [7, 11) is 0. The first-order chi connectivity index (χ1) is 13.2. The number of pyridine rings is 1. The molecule has 3 heterocycles. The average molecular weight is 385 g/mol. The molecule has 4 rings (SSSR count). The lowest BCUT2D eigenvalue weighted by atomic mass is 9.87. The maximum Gasteiger partial charge on any atom is 0.264 e. The Labute approximate surface area is 162 Å². The van der Waals surface area contributed by atoms with Crippen molar-refractivity contribution < 1.29 is 14.3 Å². The van der Waals surface area contributed by atoms with Gasteiger partial charge in [0.15, 0.2) is 0 Å². The molecule has 0 radical (unpaired) electrons. The summed E-state index contributed by atoms with van der Waals surface area (Å²) < 4.78 is 5.32. The standard InChI is InChI=1S/C20H23N3O3S/c24-19(22-13-14-2-1-5-21-12-14)15-3-4-17-16(10-15)11-18(27-17)20(25)23-6-8-26-9-7-23/h1-2,5,11-12,15H,3-4,6-10,13H2,(H,22,24)/t15-/m0/s1. The smallest absolute Gasteiger partial charge is 0.264 e. The Hall–Kier alpha value is -2.25. The number of aryl methyl sites for hydroxylation is 1. The number of carbonyl (C=O) groups is 2. The lowest BCUT2D eigenvalue weighted by Crippen LogP contribution is -2.40. The van der Waals surface area contributed by atoms with Crippen molar-refractivity contribution in [1.29, 1.82) is 0 Å². The Balaban J connectivity index is 1.37. The lowest BCUT2D eigenvalue weighted by Gasteiger charge is -2.26. The molecule has 142 valence electrons. The van der Waals surface area contributed by atoms with Crippen LogP contribution in [0.4, 0.5) is 0 Å². The molecule has 1 saturated heterocycles. The van der Waals surface area contributed by atoms with Gasteiger partial charge in [-0.15, -0.1) is 11.3 Å². The number of ether oxygens (including phenoxy) is 1. The van der Waals surface area contributed by atoms with Crippen molar-refractivity contribution in [2.24, 2.45) is 5.92 Å². The Kier molecular flexibility index (Phi) is 5.50. The molecule has 1 atom stereocenters. The van der Waals surface area contributed by atoms with Crippen LogP contribution >= 0.6 is 11.3 Å². The minimum atomic E-state index is -0.0323. The molecule has 1 fully saturated rings. The van der Waals surface area contributed by atoms with E-state index in [1.165, 1.54) is 4.88 Å². The molecule has 0 unspecified atom stereocenters. The molecule has 2 aromatic rings. The molecular weight excluding hydrogens is 362 g/mol. The molecule has 0 aromatic carbocycles. The number of carbonyl (C=O) groups excluding carboxylic acids is 2. The molecule has 0 saturated carbocycles. The monoisotopic (exact) mass is 385 g/mol. The zero-order valence-electron chi connectivity index (χ0n) is 15.1. The molecule has 1 aliphatic carbocycles. The predicted octanol–water partition coefficient (Wildman–Crippen LogP) is 2.04. The Morgan fingerprint density at radius 3 is 2.96 bits per heavy atom. The van der Waals surface area contributed by atoms with Gasteiger partial charge in [0.05, 0.1) is 18.1 Å². The fourth-order valence-corrected chi connectivity index (χ4v) is 4.79. The topological polar surface area (TPSA) is 71.5 Å². The fraction of sp³-hybridized carbons (Fsp3) is 0.450. The summed E-state index contributed by atoms with van der Waals surface area (Å²) in [4.78, 5) is 33.2. The summed E-state index contributed by atoms with van der Waals surface area (Å²) in [5, 5.41) is 3.02. The van der Waals surface area contributed by atoms with E-state index >= 15 is 0 Å². The van der Waals surface area contributed by atoms with Crippen LogP contribution in [-0.2, 0) is 28.9 Å². The van der Waals surface area contributed by atoms with Crippen LogP contribution < -0.4 is 5.32 Å². The second kappa shape index (κ2) is 8.19. The predicted molar refractivity (Wildman–Crippen MR) is 103 cm³/mol. The molecule has 7 heteroatoms. The van der Waals surface area contributed by atoms with Gasteiger partial charge in [0.25, 0.3) is 5.91 Å². The van der Waals surface area contributed by atoms with E-state index in [1.807, 2.05) is 23.1 Å². The maximum atomic E-state index is 12.7. The van der Waals surface area contributed by atoms with Crippen LogP contribution in [0.2, 0.25) is 0 Å². The largest absolute Gasteiger partial charge is 0.378 e. The number of thiophene rings is 1. The number of hydrogen-bond acceptors (Lipinski definition) is 5. The van der Waals surface area contributed by atoms with Crippen LogP contribution in [0.1, 0.15) is 32.1 Å². The molecular formula is C20H23N3O3S. The van der Waals surface area contributed by atoms with Crippen molar-refractivity contribution in [3.63, 3.8) is 0 Å². The second-order valence-electron chi connectivity index (χ2n) is 6.98. The van der Waals surface area contributed by atoms with E-state index in [0.29, 0.717) is 39.3 Å². The van der Waals surface area contributed by atoms with Gasteiger partial charge >= 0.3 is 0 Å². The maximum absolute atomic E-state index is 12.7. The third kappa shape index (κ3) is 4.20. The SMILES string of the molecule is O=C(NCc1cccnc1)[C@H]1CCc2sc(C(=O)N3CCOCC3)cc2C1. The van der Waals surface area contributed by atoms with Gasteiger partial charge < -0.3 is 15.0 Å². The summed E-state index contributed by atoms with van der Waals surface area (Å²) in [6.07, 6.45) is 5.89. The number of aromatic nitrogens is 1. The highest BCUT2D eigenvalue weighted by molar-refractivity contribution is 7.14. The van der Waals surface area contributed by atoms with Crippen molar-refractivity contribution in [2.45, 2.75) is 25.8 Å². The number of rotatable bonds is 4. The molecule has 0 spiro atoms. The number of hydrogen-bond donors (Lipinski definition) is 1. The number of nitrogens with zero attached hydrogens (tertiary/aromatic N) is 2. The summed E-state index contributed by atoms with van der Waals surface area (Å²) in [6.45, 7) is 3.02. The molecule has 6 nitrogen and oxygen atoms in total. The summed E-state index contributed by atoms with van der Waals surface area (Å²) >= 11 is 1.59. The fourth-order valence-electron chi connectivity index (χ4n) is 3.61. The van der Waals surface area contributed by atoms with Crippen LogP contribution in [0.5, 0.6) is 0 Å². The average Bonchev–Trinajstić information content (AvgIpc) is 3.16. The minimum absolute atomic E-state index is 0.0323. The number of fused-ring (bicyclic) bond motifs is 1. The van der Waals surface area contributed by atoms with Crippen LogP contribution in [0, 0.1) is 5.92 Å². The van der Waals surface area contributed by atoms with Gasteiger partial charge in [-0.1, -0.05) is 6.07 Å². The first-order valence-electron chi connectivity index (χ1n) is 9.36. The van der Waals surface area contributed by atoms with Crippen LogP contribution in [0.15, 0.2) is 30.6 Å². The van der Waals surface area contributed by atoms with E-state index in [2.05, 4.69) is 10.3 Å². The lowest BCUT2D eigenvalue weighted by molar-refractivity contribution is -0.125. The Bertz CT molecular complexity index is 815. The highest BCUT2D eigenvalue weighted by atomic mass is 32.1. The van der Waals surface area contributed by atoms with E-state index in [4.69, 9.17) is 4.74 Å². The quantitative estimate of drug-likeness (QED) is 0.874. The van der Waals surface area contributed by atoms with E-state index in [1.54, 1.807) is 23.7 Å². The summed E-state index contributed by atoms with van der Waals surface area (Å²) in [5.41, 5.74) is 2.15. The second-order valence-corrected chi connectivity index (χ2v) is 8.12. The highest BCUT2D eigenvalue weighted by Gasteiger charge is 2.28. The summed E-state index contributed by atoms with van der Waals surface area (Å²) in [5.74, 6) is 0.141.